The van der Waals surface area contributed by atoms with Gasteiger partial charge in [0.2, 0.25) is 0 Å². The molecule has 258 valence electrons. The van der Waals surface area contributed by atoms with E-state index in [1.54, 1.807) is 7.11 Å². The molecule has 3 aliphatic rings. The summed E-state index contributed by atoms with van der Waals surface area (Å²) in [5.74, 6) is 0.530. The van der Waals surface area contributed by atoms with Crippen molar-refractivity contribution in [3.8, 4) is 0 Å². The first-order valence-electron chi connectivity index (χ1n) is 18.1. The number of hydrogen-bond acceptors (Lipinski definition) is 5. The van der Waals surface area contributed by atoms with Crippen LogP contribution >= 0.6 is 0 Å². The summed E-state index contributed by atoms with van der Waals surface area (Å²) in [5, 5.41) is 2.65. The number of carbonyl (C=O) groups is 2. The number of carbonyl (C=O) groups excluding carboxylic acids is 2. The zero-order valence-corrected chi connectivity index (χ0v) is 31.6. The van der Waals surface area contributed by atoms with Crippen LogP contribution in [-0.2, 0) is 23.8 Å². The summed E-state index contributed by atoms with van der Waals surface area (Å²) in [6, 6.07) is 22.5. The number of esters is 1. The highest BCUT2D eigenvalue weighted by Gasteiger charge is 2.68. The van der Waals surface area contributed by atoms with Crippen molar-refractivity contribution in [2.45, 2.75) is 124 Å². The van der Waals surface area contributed by atoms with E-state index < -0.39 is 13.5 Å². The molecule has 0 heterocycles. The smallest absolute Gasteiger partial charge is 0.305 e. The highest BCUT2D eigenvalue weighted by atomic mass is 28.3. The fourth-order valence-corrected chi connectivity index (χ4v) is 16.3. The lowest BCUT2D eigenvalue weighted by Gasteiger charge is -2.62. The normalized spacial score (nSPS) is 34.3. The summed E-state index contributed by atoms with van der Waals surface area (Å²) in [6.45, 7) is 18.7. The van der Waals surface area contributed by atoms with Crippen LogP contribution in [-0.4, -0.2) is 45.9 Å². The number of benzene rings is 2. The Morgan fingerprint density at radius 1 is 0.957 bits per heavy atom. The molecular formula is C41H60O5Si. The minimum atomic E-state index is -2.45. The zero-order chi connectivity index (χ0) is 34.3. The van der Waals surface area contributed by atoms with Crippen LogP contribution < -0.4 is 10.4 Å². The molecule has 5 rings (SSSR count). The zero-order valence-electron chi connectivity index (χ0n) is 30.6. The second-order valence-corrected chi connectivity index (χ2v) is 21.8. The van der Waals surface area contributed by atoms with Crippen LogP contribution in [0, 0.1) is 34.0 Å². The van der Waals surface area contributed by atoms with Crippen molar-refractivity contribution >= 4 is 30.2 Å². The maximum absolute atomic E-state index is 14.4. The van der Waals surface area contributed by atoms with Gasteiger partial charge in [-0.05, 0) is 65.9 Å². The molecule has 3 fully saturated rings. The predicted molar refractivity (Wildman–Crippen MR) is 193 cm³/mol. The van der Waals surface area contributed by atoms with Crippen molar-refractivity contribution in [3.63, 3.8) is 0 Å². The Kier molecular flexibility index (Phi) is 10.4. The van der Waals surface area contributed by atoms with Gasteiger partial charge in [0.1, 0.15) is 26.8 Å². The van der Waals surface area contributed by atoms with Gasteiger partial charge in [0.05, 0.1) is 6.10 Å². The second kappa shape index (κ2) is 13.6. The van der Waals surface area contributed by atoms with Gasteiger partial charge in [0.25, 0.3) is 0 Å². The first-order valence-corrected chi connectivity index (χ1v) is 20.4. The molecule has 0 N–H and O–H groups in total. The molecule has 0 spiro atoms. The van der Waals surface area contributed by atoms with E-state index in [1.165, 1.54) is 10.4 Å². The third-order valence-electron chi connectivity index (χ3n) is 13.8. The lowest BCUT2D eigenvalue weighted by Crippen LogP contribution is -2.64. The lowest BCUT2D eigenvalue weighted by atomic mass is 9.43. The summed E-state index contributed by atoms with van der Waals surface area (Å²) in [6.07, 6.45) is 4.98. The first kappa shape index (κ1) is 36.0. The molecule has 5 nitrogen and oxygen atoms in total. The van der Waals surface area contributed by atoms with E-state index in [2.05, 4.69) is 116 Å². The Morgan fingerprint density at radius 2 is 1.55 bits per heavy atom. The summed E-state index contributed by atoms with van der Waals surface area (Å²) in [5.41, 5.74) is -0.841. The van der Waals surface area contributed by atoms with Crippen LogP contribution in [0.4, 0.5) is 0 Å². The number of ketones is 1. The monoisotopic (exact) mass is 660 g/mol. The Labute approximate surface area is 285 Å². The molecule has 8 atom stereocenters. The fourth-order valence-electron chi connectivity index (χ4n) is 10.8. The summed E-state index contributed by atoms with van der Waals surface area (Å²) >= 11 is 0. The molecule has 47 heavy (non-hydrogen) atoms. The molecule has 2 aromatic rings. The van der Waals surface area contributed by atoms with Gasteiger partial charge in [-0.25, -0.2) is 0 Å². The number of rotatable bonds is 10. The van der Waals surface area contributed by atoms with E-state index in [0.717, 1.165) is 31.7 Å². The van der Waals surface area contributed by atoms with Crippen molar-refractivity contribution < 1.29 is 23.8 Å². The van der Waals surface area contributed by atoms with E-state index in [-0.39, 0.29) is 58.6 Å². The van der Waals surface area contributed by atoms with Crippen LogP contribution in [0.15, 0.2) is 60.7 Å². The molecule has 3 aliphatic carbocycles. The summed E-state index contributed by atoms with van der Waals surface area (Å²) < 4.78 is 18.9. The van der Waals surface area contributed by atoms with Crippen LogP contribution in [0.25, 0.3) is 0 Å². The average molecular weight is 661 g/mol. The van der Waals surface area contributed by atoms with Gasteiger partial charge in [0.15, 0.2) is 0 Å². The molecule has 2 bridgehead atoms. The topological polar surface area (TPSA) is 61.8 Å². The Morgan fingerprint density at radius 3 is 2.09 bits per heavy atom. The van der Waals surface area contributed by atoms with Crippen molar-refractivity contribution in [3.05, 3.63) is 60.7 Å². The molecular weight excluding hydrogens is 601 g/mol. The van der Waals surface area contributed by atoms with E-state index >= 15 is 0 Å². The standard InChI is InChI=1S/C41H60O5Si/c1-10-39(7)27-34(40(8)29(2)21-24-41(25-22-33(42)36(40)41)30(3)37(39)45-28-44-9)46-35(43)23-26-47(38(4,5)6,31-17-13-11-14-18-31)32-19-15-12-16-20-32/h11-20,29-30,34,36-37H,10,21-28H2,1-9H3/t29-,30+,34-,36?,37+,39-,40+,41+/m1/s1. The molecule has 2 aromatic carbocycles. The van der Waals surface area contributed by atoms with Gasteiger partial charge in [-0.3, -0.25) is 9.59 Å². The maximum Gasteiger partial charge on any atom is 0.305 e. The molecule has 0 radical (unpaired) electrons. The predicted octanol–water partition coefficient (Wildman–Crippen LogP) is 8.20. The van der Waals surface area contributed by atoms with Crippen LogP contribution in [0.5, 0.6) is 0 Å². The van der Waals surface area contributed by atoms with Crippen LogP contribution in [0.3, 0.4) is 0 Å². The largest absolute Gasteiger partial charge is 0.462 e. The summed E-state index contributed by atoms with van der Waals surface area (Å²) in [7, 11) is -0.772. The van der Waals surface area contributed by atoms with Crippen molar-refractivity contribution in [2.24, 2.45) is 34.0 Å². The van der Waals surface area contributed by atoms with Crippen molar-refractivity contribution in [2.75, 3.05) is 13.9 Å². The van der Waals surface area contributed by atoms with Crippen molar-refractivity contribution in [1.82, 2.24) is 0 Å². The third-order valence-corrected chi connectivity index (χ3v) is 20.0. The first-order chi connectivity index (χ1) is 22.2. The van der Waals surface area contributed by atoms with Gasteiger partial charge in [-0.2, -0.15) is 0 Å². The minimum absolute atomic E-state index is 0.0429. The quantitative estimate of drug-likeness (QED) is 0.146. The van der Waals surface area contributed by atoms with Gasteiger partial charge in [-0.1, -0.05) is 126 Å². The maximum atomic E-state index is 14.4. The fraction of sp³-hybridized carbons (Fsp3) is 0.659. The van der Waals surface area contributed by atoms with Crippen LogP contribution in [0.1, 0.15) is 100 Å². The highest BCUT2D eigenvalue weighted by molar-refractivity contribution is 7.04. The lowest BCUT2D eigenvalue weighted by molar-refractivity contribution is -0.230. The molecule has 0 aromatic heterocycles. The van der Waals surface area contributed by atoms with E-state index in [0.29, 0.717) is 25.0 Å². The number of Topliss-reactive ketones (excluding diaryl/α,β-unsaturated/α-hetero) is 1. The van der Waals surface area contributed by atoms with Gasteiger partial charge >= 0.3 is 5.97 Å². The third kappa shape index (κ3) is 5.99. The van der Waals surface area contributed by atoms with Gasteiger partial charge < -0.3 is 14.2 Å². The highest BCUT2D eigenvalue weighted by Crippen LogP contribution is 2.68. The SMILES string of the molecule is CC[C@]1(C)C[C@@H](OC(=O)CC[Si](c2ccccc2)(c2ccccc2)C(C)(C)C)[C@@]2(C)C3C(=O)CC[C@@]3(CC[C@H]2C)[C@@H](C)[C@@H]1OCOC. The summed E-state index contributed by atoms with van der Waals surface area (Å²) in [4.78, 5) is 28.5. The molecule has 0 aliphatic heterocycles. The molecule has 1 unspecified atom stereocenters. The van der Waals surface area contributed by atoms with Gasteiger partial charge in [-0.15, -0.1) is 0 Å². The Hall–Kier alpha value is -2.28. The number of hydrogen-bond donors (Lipinski definition) is 0. The number of ether oxygens (including phenoxy) is 3. The van der Waals surface area contributed by atoms with Gasteiger partial charge in [0, 0.05) is 31.3 Å². The van der Waals surface area contributed by atoms with Crippen molar-refractivity contribution in [1.29, 1.82) is 0 Å². The Bertz CT molecular complexity index is 1350. The molecule has 0 saturated heterocycles. The molecule has 0 amide bonds. The van der Waals surface area contributed by atoms with E-state index in [1.807, 2.05) is 0 Å². The minimum Gasteiger partial charge on any atom is -0.462 e. The molecule has 3 saturated carbocycles. The van der Waals surface area contributed by atoms with E-state index in [9.17, 15) is 9.59 Å². The Balaban J connectivity index is 1.54. The second-order valence-electron chi connectivity index (χ2n) is 16.8. The molecule has 6 heteroatoms. The number of methoxy groups -OCH3 is 1. The van der Waals surface area contributed by atoms with E-state index in [4.69, 9.17) is 14.2 Å². The average Bonchev–Trinajstić information content (AvgIpc) is 3.41. The van der Waals surface area contributed by atoms with Crippen LogP contribution in [0.2, 0.25) is 11.1 Å².